The minimum absolute atomic E-state index is 0.0638. The second-order valence-corrected chi connectivity index (χ2v) is 10.7. The van der Waals surface area contributed by atoms with Crippen molar-refractivity contribution in [2.24, 2.45) is 0 Å². The zero-order valence-corrected chi connectivity index (χ0v) is 21.1. The van der Waals surface area contributed by atoms with Gasteiger partial charge >= 0.3 is 0 Å². The minimum Gasteiger partial charge on any atom is -0.495 e. The van der Waals surface area contributed by atoms with Gasteiger partial charge in [-0.05, 0) is 43.7 Å². The third-order valence-corrected chi connectivity index (χ3v) is 7.85. The lowest BCUT2D eigenvalue weighted by atomic mass is 10.2. The van der Waals surface area contributed by atoms with Crippen LogP contribution in [-0.2, 0) is 14.8 Å². The van der Waals surface area contributed by atoms with Gasteiger partial charge in [0.2, 0.25) is 11.0 Å². The van der Waals surface area contributed by atoms with E-state index >= 15 is 0 Å². The normalized spacial score (nSPS) is 11.2. The lowest BCUT2D eigenvalue weighted by Crippen LogP contribution is -2.38. The number of hydrogen-bond acceptors (Lipinski definition) is 7. The number of nitrogens with one attached hydrogen (secondary N) is 1. The van der Waals surface area contributed by atoms with E-state index in [1.54, 1.807) is 30.3 Å². The van der Waals surface area contributed by atoms with Crippen molar-refractivity contribution in [3.8, 4) is 16.3 Å². The third-order valence-electron chi connectivity index (χ3n) is 5.19. The van der Waals surface area contributed by atoms with Gasteiger partial charge in [0.1, 0.15) is 17.3 Å². The van der Waals surface area contributed by atoms with Crippen LogP contribution in [0.3, 0.4) is 0 Å². The van der Waals surface area contributed by atoms with Gasteiger partial charge in [-0.25, -0.2) is 8.42 Å². The molecule has 0 aliphatic heterocycles. The van der Waals surface area contributed by atoms with Crippen molar-refractivity contribution in [1.82, 2.24) is 10.2 Å². The molecule has 10 heteroatoms. The molecule has 1 amide bonds. The van der Waals surface area contributed by atoms with Gasteiger partial charge in [0.05, 0.1) is 17.7 Å². The highest BCUT2D eigenvalue weighted by molar-refractivity contribution is 7.92. The number of benzene rings is 3. The second kappa shape index (κ2) is 10.2. The van der Waals surface area contributed by atoms with Gasteiger partial charge in [0, 0.05) is 5.56 Å². The summed E-state index contributed by atoms with van der Waals surface area (Å²) in [5.74, 6) is -0.222. The summed E-state index contributed by atoms with van der Waals surface area (Å²) < 4.78 is 33.6. The number of hydrogen-bond donors (Lipinski definition) is 1. The van der Waals surface area contributed by atoms with Crippen LogP contribution < -0.4 is 14.4 Å². The predicted molar refractivity (Wildman–Crippen MR) is 137 cm³/mol. The number of carbonyl (C=O) groups is 1. The highest BCUT2D eigenvalue weighted by Crippen LogP contribution is 2.33. The molecule has 35 heavy (non-hydrogen) atoms. The second-order valence-electron chi connectivity index (χ2n) is 7.83. The Balaban J connectivity index is 1.63. The van der Waals surface area contributed by atoms with Gasteiger partial charge in [0.25, 0.3) is 10.0 Å². The average Bonchev–Trinajstić information content (AvgIpc) is 3.31. The molecule has 8 nitrogen and oxygen atoms in total. The Hall–Kier alpha value is -3.76. The molecule has 0 saturated carbocycles. The topological polar surface area (TPSA) is 101 Å². The molecule has 0 radical (unpaired) electrons. The lowest BCUT2D eigenvalue weighted by Gasteiger charge is -2.25. The number of methoxy groups -OCH3 is 1. The zero-order chi connectivity index (χ0) is 25.0. The maximum atomic E-state index is 13.6. The van der Waals surface area contributed by atoms with Crippen LogP contribution in [0.15, 0.2) is 77.7 Å². The van der Waals surface area contributed by atoms with Crippen molar-refractivity contribution in [3.63, 3.8) is 0 Å². The van der Waals surface area contributed by atoms with E-state index in [2.05, 4.69) is 15.5 Å². The first-order valence-electron chi connectivity index (χ1n) is 10.7. The Morgan fingerprint density at radius 1 is 0.971 bits per heavy atom. The maximum Gasteiger partial charge on any atom is 0.264 e. The van der Waals surface area contributed by atoms with Crippen LogP contribution in [0.2, 0.25) is 0 Å². The van der Waals surface area contributed by atoms with Gasteiger partial charge in [-0.15, -0.1) is 10.2 Å². The monoisotopic (exact) mass is 508 g/mol. The summed E-state index contributed by atoms with van der Waals surface area (Å²) >= 11 is 1.21. The van der Waals surface area contributed by atoms with Crippen molar-refractivity contribution in [3.05, 3.63) is 83.9 Å². The molecule has 180 valence electrons. The number of aromatic nitrogens is 2. The SMILES string of the molecule is COc1ccc(C)cc1N(CC(=O)Nc1nnc(-c2ccc(C)cc2)s1)S(=O)(=O)c1ccccc1. The third kappa shape index (κ3) is 5.50. The van der Waals surface area contributed by atoms with Gasteiger partial charge in [0.15, 0.2) is 0 Å². The van der Waals surface area contributed by atoms with Crippen molar-refractivity contribution in [2.75, 3.05) is 23.3 Å². The van der Waals surface area contributed by atoms with Crippen LogP contribution in [0.5, 0.6) is 5.75 Å². The van der Waals surface area contributed by atoms with E-state index in [1.165, 1.54) is 30.6 Å². The van der Waals surface area contributed by atoms with Crippen LogP contribution in [0, 0.1) is 13.8 Å². The molecule has 0 fully saturated rings. The number of rotatable bonds is 8. The molecule has 0 aliphatic rings. The first kappa shape index (κ1) is 24.4. The summed E-state index contributed by atoms with van der Waals surface area (Å²) in [5.41, 5.74) is 3.09. The Labute approximate surface area is 208 Å². The van der Waals surface area contributed by atoms with Gasteiger partial charge in [-0.2, -0.15) is 0 Å². The molecular formula is C25H24N4O4S2. The molecule has 0 aliphatic carbocycles. The van der Waals surface area contributed by atoms with E-state index in [0.29, 0.717) is 10.8 Å². The van der Waals surface area contributed by atoms with Crippen molar-refractivity contribution < 1.29 is 17.9 Å². The van der Waals surface area contributed by atoms with Crippen LogP contribution in [-0.4, -0.2) is 38.2 Å². The molecule has 0 unspecified atom stereocenters. The van der Waals surface area contributed by atoms with Gasteiger partial charge in [-0.1, -0.05) is 65.4 Å². The smallest absolute Gasteiger partial charge is 0.264 e. The standard InChI is InChI=1S/C25H24N4O4S2/c1-17-9-12-19(13-10-17)24-27-28-25(34-24)26-23(30)16-29(21-15-18(2)11-14-22(21)33-3)35(31,32)20-7-5-4-6-8-20/h4-15H,16H2,1-3H3,(H,26,28,30). The highest BCUT2D eigenvalue weighted by Gasteiger charge is 2.30. The van der Waals surface area contributed by atoms with E-state index in [9.17, 15) is 13.2 Å². The van der Waals surface area contributed by atoms with Crippen LogP contribution >= 0.6 is 11.3 Å². The number of aryl methyl sites for hydroxylation is 2. The molecule has 0 bridgehead atoms. The number of ether oxygens (including phenoxy) is 1. The number of sulfonamides is 1. The van der Waals surface area contributed by atoms with E-state index in [0.717, 1.165) is 21.0 Å². The summed E-state index contributed by atoms with van der Waals surface area (Å²) in [7, 11) is -2.62. The zero-order valence-electron chi connectivity index (χ0n) is 19.4. The Morgan fingerprint density at radius 3 is 2.34 bits per heavy atom. The molecule has 3 aromatic carbocycles. The van der Waals surface area contributed by atoms with E-state index in [1.807, 2.05) is 44.2 Å². The average molecular weight is 509 g/mol. The molecule has 1 aromatic heterocycles. The molecule has 0 saturated heterocycles. The Bertz CT molecular complexity index is 1440. The molecule has 0 atom stereocenters. The fraction of sp³-hybridized carbons (Fsp3) is 0.160. The van der Waals surface area contributed by atoms with Crippen LogP contribution in [0.25, 0.3) is 10.6 Å². The summed E-state index contributed by atoms with van der Waals surface area (Å²) in [4.78, 5) is 13.1. The molecule has 1 heterocycles. The number of carbonyl (C=O) groups excluding carboxylic acids is 1. The van der Waals surface area contributed by atoms with Crippen molar-refractivity contribution >= 4 is 38.1 Å². The molecular weight excluding hydrogens is 484 g/mol. The van der Waals surface area contributed by atoms with E-state index in [-0.39, 0.29) is 15.7 Å². The summed E-state index contributed by atoms with van der Waals surface area (Å²) in [6.45, 7) is 3.36. The first-order chi connectivity index (χ1) is 16.8. The van der Waals surface area contributed by atoms with Crippen LogP contribution in [0.1, 0.15) is 11.1 Å². The summed E-state index contributed by atoms with van der Waals surface area (Å²) in [6.07, 6.45) is 0. The fourth-order valence-corrected chi connectivity index (χ4v) is 5.60. The first-order valence-corrected chi connectivity index (χ1v) is 13.0. The molecule has 4 aromatic rings. The fourth-order valence-electron chi connectivity index (χ4n) is 3.39. The van der Waals surface area contributed by atoms with E-state index in [4.69, 9.17) is 4.74 Å². The largest absolute Gasteiger partial charge is 0.495 e. The molecule has 4 rings (SSSR count). The van der Waals surface area contributed by atoms with E-state index < -0.39 is 22.5 Å². The Kier molecular flexibility index (Phi) is 7.13. The number of nitrogens with zero attached hydrogens (tertiary/aromatic N) is 3. The quantitative estimate of drug-likeness (QED) is 0.371. The van der Waals surface area contributed by atoms with Gasteiger partial charge in [-0.3, -0.25) is 14.4 Å². The molecule has 1 N–H and O–H groups in total. The van der Waals surface area contributed by atoms with Crippen molar-refractivity contribution in [2.45, 2.75) is 18.7 Å². The Morgan fingerprint density at radius 2 is 1.66 bits per heavy atom. The lowest BCUT2D eigenvalue weighted by molar-refractivity contribution is -0.114. The number of amides is 1. The molecule has 0 spiro atoms. The highest BCUT2D eigenvalue weighted by atomic mass is 32.2. The minimum atomic E-state index is -4.07. The van der Waals surface area contributed by atoms with Crippen molar-refractivity contribution in [1.29, 1.82) is 0 Å². The predicted octanol–water partition coefficient (Wildman–Crippen LogP) is 4.66. The van der Waals surface area contributed by atoms with Crippen LogP contribution in [0.4, 0.5) is 10.8 Å². The maximum absolute atomic E-state index is 13.6. The number of anilines is 2. The van der Waals surface area contributed by atoms with Gasteiger partial charge < -0.3 is 4.74 Å². The summed E-state index contributed by atoms with van der Waals surface area (Å²) in [5, 5.41) is 11.8. The summed E-state index contributed by atoms with van der Waals surface area (Å²) in [6, 6.07) is 20.9.